The number of hydrogen-bond donors (Lipinski definition) is 3. The average Bonchev–Trinajstić information content (AvgIpc) is 3.59. The van der Waals surface area contributed by atoms with Gasteiger partial charge in [0.15, 0.2) is 0 Å². The summed E-state index contributed by atoms with van der Waals surface area (Å²) in [4.78, 5) is 28.0. The van der Waals surface area contributed by atoms with Crippen molar-refractivity contribution in [1.29, 1.82) is 0 Å². The Morgan fingerprint density at radius 3 is 2.20 bits per heavy atom. The van der Waals surface area contributed by atoms with Gasteiger partial charge in [0, 0.05) is 58.8 Å². The topological polar surface area (TPSA) is 109 Å². The number of aliphatic hydroxyl groups is 2. The Bertz CT molecular complexity index is 1880. The zero-order chi connectivity index (χ0) is 27.2. The summed E-state index contributed by atoms with van der Waals surface area (Å²) in [5.74, 6) is 0.140. The first-order valence-corrected chi connectivity index (χ1v) is 14.0. The molecule has 3 aliphatic heterocycles. The number of benzene rings is 3. The van der Waals surface area contributed by atoms with Gasteiger partial charge in [-0.05, 0) is 36.5 Å². The standard InChI is InChI=1S/C31H30N4O5/c36-14-18-9-11-33(12-10-18)30(38)40-17-31(39)15-34-22-7-3-1-5-19(22)24-21-13-32-29(37)26(21)25-20-6-2-4-8-23(20)35(16-31)28(25)27(24)34/h1-8,18,36,39H,9-17H2,(H,32,37). The lowest BCUT2D eigenvalue weighted by Gasteiger charge is -2.32. The van der Waals surface area contributed by atoms with Gasteiger partial charge >= 0.3 is 6.09 Å². The van der Waals surface area contributed by atoms with Crippen LogP contribution in [0.4, 0.5) is 4.79 Å². The molecule has 3 aromatic carbocycles. The van der Waals surface area contributed by atoms with Crippen LogP contribution in [0.2, 0.25) is 0 Å². The lowest BCUT2D eigenvalue weighted by atomic mass is 9.97. The number of ether oxygens (including phenoxy) is 1. The number of amides is 2. The number of hydrogen-bond acceptors (Lipinski definition) is 5. The lowest BCUT2D eigenvalue weighted by molar-refractivity contribution is -0.0499. The average molecular weight is 539 g/mol. The van der Waals surface area contributed by atoms with E-state index in [1.807, 2.05) is 42.5 Å². The highest BCUT2D eigenvalue weighted by atomic mass is 16.6. The SMILES string of the molecule is O=C1NCc2c1c1c3ccccc3n3c1c1c2c2ccccc2n1CC(O)(COC(=O)N1CCC(CO)CC1)C3. The van der Waals surface area contributed by atoms with Crippen LogP contribution in [0, 0.1) is 5.92 Å². The molecule has 9 nitrogen and oxygen atoms in total. The fourth-order valence-corrected chi connectivity index (χ4v) is 7.26. The Morgan fingerprint density at radius 1 is 0.950 bits per heavy atom. The van der Waals surface area contributed by atoms with Gasteiger partial charge in [-0.2, -0.15) is 0 Å². The maximum atomic E-state index is 13.3. The summed E-state index contributed by atoms with van der Waals surface area (Å²) in [6, 6.07) is 16.1. The second-order valence-corrected chi connectivity index (χ2v) is 11.6. The molecule has 204 valence electrons. The summed E-state index contributed by atoms with van der Waals surface area (Å²) in [6.45, 7) is 1.95. The molecule has 3 N–H and O–H groups in total. The molecule has 0 radical (unpaired) electrons. The van der Waals surface area contributed by atoms with Crippen LogP contribution in [0.3, 0.4) is 0 Å². The molecule has 2 amide bonds. The number of aliphatic hydroxyl groups excluding tert-OH is 1. The van der Waals surface area contributed by atoms with Crippen LogP contribution < -0.4 is 5.32 Å². The van der Waals surface area contributed by atoms with Crippen molar-refractivity contribution in [1.82, 2.24) is 19.4 Å². The Balaban J connectivity index is 1.31. The van der Waals surface area contributed by atoms with E-state index in [-0.39, 0.29) is 38.1 Å². The Labute approximate surface area is 229 Å². The molecule has 0 aliphatic carbocycles. The van der Waals surface area contributed by atoms with Gasteiger partial charge in [-0.3, -0.25) is 4.79 Å². The minimum atomic E-state index is -1.39. The van der Waals surface area contributed by atoms with Crippen LogP contribution in [0.15, 0.2) is 48.5 Å². The third-order valence-corrected chi connectivity index (χ3v) is 9.17. The number of rotatable bonds is 3. The second kappa shape index (κ2) is 8.46. The monoisotopic (exact) mass is 538 g/mol. The van der Waals surface area contributed by atoms with E-state index in [1.54, 1.807) is 4.90 Å². The summed E-state index contributed by atoms with van der Waals surface area (Å²) in [5, 5.41) is 28.7. The van der Waals surface area contributed by atoms with Gasteiger partial charge in [-0.15, -0.1) is 0 Å². The van der Waals surface area contributed by atoms with Crippen LogP contribution in [0.1, 0.15) is 28.8 Å². The van der Waals surface area contributed by atoms with Crippen molar-refractivity contribution in [3.8, 4) is 0 Å². The van der Waals surface area contributed by atoms with Crippen molar-refractivity contribution in [2.24, 2.45) is 5.92 Å². The molecule has 2 aromatic heterocycles. The summed E-state index contributed by atoms with van der Waals surface area (Å²) >= 11 is 0. The molecule has 5 heterocycles. The van der Waals surface area contributed by atoms with Crippen molar-refractivity contribution in [3.05, 3.63) is 59.7 Å². The first-order chi connectivity index (χ1) is 19.5. The van der Waals surface area contributed by atoms with E-state index in [1.165, 1.54) is 0 Å². The van der Waals surface area contributed by atoms with E-state index in [9.17, 15) is 19.8 Å². The van der Waals surface area contributed by atoms with Crippen molar-refractivity contribution >= 4 is 55.6 Å². The summed E-state index contributed by atoms with van der Waals surface area (Å²) in [7, 11) is 0. The normalized spacial score (nSPS) is 21.1. The largest absolute Gasteiger partial charge is 0.446 e. The number of para-hydroxylation sites is 2. The van der Waals surface area contributed by atoms with Crippen molar-refractivity contribution in [3.63, 3.8) is 0 Å². The number of fused-ring (bicyclic) bond motifs is 9. The molecule has 1 atom stereocenters. The molecule has 3 aliphatic rings. The van der Waals surface area contributed by atoms with Crippen molar-refractivity contribution < 1.29 is 24.5 Å². The van der Waals surface area contributed by atoms with Gasteiger partial charge in [0.1, 0.15) is 12.2 Å². The van der Waals surface area contributed by atoms with Gasteiger partial charge in [0.05, 0.1) is 29.7 Å². The molecule has 1 fully saturated rings. The third kappa shape index (κ3) is 3.22. The number of piperidine rings is 1. The zero-order valence-corrected chi connectivity index (χ0v) is 22.0. The molecule has 0 bridgehead atoms. The van der Waals surface area contributed by atoms with E-state index in [4.69, 9.17) is 4.74 Å². The van der Waals surface area contributed by atoms with Gasteiger partial charge in [0.2, 0.25) is 0 Å². The van der Waals surface area contributed by atoms with E-state index in [0.29, 0.717) is 25.2 Å². The molecule has 1 unspecified atom stereocenters. The maximum absolute atomic E-state index is 13.3. The Hall–Kier alpha value is -4.08. The van der Waals surface area contributed by atoms with Crippen LogP contribution in [-0.4, -0.2) is 68.2 Å². The summed E-state index contributed by atoms with van der Waals surface area (Å²) < 4.78 is 10.1. The van der Waals surface area contributed by atoms with Crippen LogP contribution in [-0.2, 0) is 24.4 Å². The van der Waals surface area contributed by atoms with Gasteiger partial charge < -0.3 is 34.3 Å². The van der Waals surface area contributed by atoms with Crippen LogP contribution in [0.25, 0.3) is 43.6 Å². The fraction of sp³-hybridized carbons (Fsp3) is 0.355. The Morgan fingerprint density at radius 2 is 1.55 bits per heavy atom. The lowest BCUT2D eigenvalue weighted by Crippen LogP contribution is -2.46. The number of likely N-dealkylation sites (tertiary alicyclic amines) is 1. The number of nitrogens with zero attached hydrogens (tertiary/aromatic N) is 3. The molecule has 5 aromatic rings. The minimum Gasteiger partial charge on any atom is -0.446 e. The smallest absolute Gasteiger partial charge is 0.409 e. The summed E-state index contributed by atoms with van der Waals surface area (Å²) in [5.41, 5.74) is 4.14. The molecule has 9 heteroatoms. The molecule has 40 heavy (non-hydrogen) atoms. The molecular formula is C31H30N4O5. The van der Waals surface area contributed by atoms with Crippen LogP contribution in [0.5, 0.6) is 0 Å². The van der Waals surface area contributed by atoms with Gasteiger partial charge in [-0.1, -0.05) is 36.4 Å². The summed E-state index contributed by atoms with van der Waals surface area (Å²) in [6.07, 6.45) is 1.04. The van der Waals surface area contributed by atoms with Gasteiger partial charge in [-0.25, -0.2) is 4.79 Å². The fourth-order valence-electron chi connectivity index (χ4n) is 7.26. The first-order valence-electron chi connectivity index (χ1n) is 14.0. The molecule has 1 saturated heterocycles. The number of carbonyl (C=O) groups is 2. The van der Waals surface area contributed by atoms with E-state index < -0.39 is 11.7 Å². The molecule has 8 rings (SSSR count). The van der Waals surface area contributed by atoms with Crippen LogP contribution >= 0.6 is 0 Å². The van der Waals surface area contributed by atoms with E-state index >= 15 is 0 Å². The molecule has 0 saturated carbocycles. The second-order valence-electron chi connectivity index (χ2n) is 11.6. The minimum absolute atomic E-state index is 0.0740. The van der Waals surface area contributed by atoms with Crippen molar-refractivity contribution in [2.45, 2.75) is 38.1 Å². The molecular weight excluding hydrogens is 508 g/mol. The predicted octanol–water partition coefficient (Wildman–Crippen LogP) is 3.73. The Kier molecular flexibility index (Phi) is 5.03. The van der Waals surface area contributed by atoms with E-state index in [2.05, 4.69) is 20.5 Å². The molecule has 0 spiro atoms. The predicted molar refractivity (Wildman–Crippen MR) is 151 cm³/mol. The number of nitrogens with one attached hydrogen (secondary N) is 1. The highest BCUT2D eigenvalue weighted by molar-refractivity contribution is 6.30. The number of carbonyl (C=O) groups excluding carboxylic acids is 2. The van der Waals surface area contributed by atoms with Gasteiger partial charge in [0.25, 0.3) is 5.91 Å². The zero-order valence-electron chi connectivity index (χ0n) is 22.0. The highest BCUT2D eigenvalue weighted by Gasteiger charge is 2.40. The van der Waals surface area contributed by atoms with Crippen molar-refractivity contribution in [2.75, 3.05) is 26.3 Å². The van der Waals surface area contributed by atoms with E-state index in [0.717, 1.165) is 62.0 Å². The number of aromatic nitrogens is 2. The third-order valence-electron chi connectivity index (χ3n) is 9.17. The maximum Gasteiger partial charge on any atom is 0.409 e. The quantitative estimate of drug-likeness (QED) is 0.324. The first kappa shape index (κ1) is 23.8. The highest BCUT2D eigenvalue weighted by Crippen LogP contribution is 2.46.